The van der Waals surface area contributed by atoms with E-state index in [0.717, 1.165) is 12.8 Å². The van der Waals surface area contributed by atoms with E-state index in [1.807, 2.05) is 13.8 Å². The highest BCUT2D eigenvalue weighted by atomic mass is 31.1. The van der Waals surface area contributed by atoms with Crippen molar-refractivity contribution in [1.82, 2.24) is 0 Å². The molecule has 0 saturated heterocycles. The molecule has 0 rings (SSSR count). The van der Waals surface area contributed by atoms with Gasteiger partial charge in [-0.2, -0.15) is 0 Å². The summed E-state index contributed by atoms with van der Waals surface area (Å²) in [5.41, 5.74) is 0. The van der Waals surface area contributed by atoms with Crippen LogP contribution in [0.1, 0.15) is 52.4 Å². The number of unbranched alkanes of at least 4 members (excludes halogenated alkanes) is 2. The maximum absolute atomic E-state index is 13.3. The van der Waals surface area contributed by atoms with Gasteiger partial charge in [0.05, 0.1) is 0 Å². The summed E-state index contributed by atoms with van der Waals surface area (Å²) in [6.45, 7) is 3.76. The molecule has 5 heteroatoms. The first-order chi connectivity index (χ1) is 8.02. The van der Waals surface area contributed by atoms with E-state index in [4.69, 9.17) is 0 Å². The zero-order valence-corrected chi connectivity index (χ0v) is 11.6. The Morgan fingerprint density at radius 2 is 1.12 bits per heavy atom. The van der Waals surface area contributed by atoms with Crippen molar-refractivity contribution in [2.75, 3.05) is 0 Å². The van der Waals surface area contributed by atoms with Crippen LogP contribution in [0.5, 0.6) is 0 Å². The second-order valence-electron chi connectivity index (χ2n) is 4.29. The molecule has 0 nitrogen and oxygen atoms in total. The monoisotopic (exact) mass is 274 g/mol. The van der Waals surface area contributed by atoms with Crippen molar-refractivity contribution >= 4 is 8.58 Å². The van der Waals surface area contributed by atoms with Crippen LogP contribution in [0.4, 0.5) is 17.6 Å². The van der Waals surface area contributed by atoms with Crippen molar-refractivity contribution in [1.29, 1.82) is 0 Å². The van der Waals surface area contributed by atoms with E-state index in [0.29, 0.717) is 12.8 Å². The molecule has 0 fully saturated rings. The zero-order chi connectivity index (χ0) is 13.3. The van der Waals surface area contributed by atoms with Gasteiger partial charge in [-0.3, -0.25) is 0 Å². The highest BCUT2D eigenvalue weighted by molar-refractivity contribution is 7.39. The molecule has 0 aliphatic heterocycles. The van der Waals surface area contributed by atoms with Crippen LogP contribution < -0.4 is 0 Å². The van der Waals surface area contributed by atoms with E-state index in [2.05, 4.69) is 0 Å². The summed E-state index contributed by atoms with van der Waals surface area (Å²) < 4.78 is 53.0. The fourth-order valence-corrected chi connectivity index (χ4v) is 2.51. The first-order valence-corrected chi connectivity index (χ1v) is 7.50. The standard InChI is InChI=1S/C12H23F4P/c1-3-5-7-9(13)11(15)17-12(16)10(14)8-6-4-2/h9-12,17H,3-8H2,1-2H3. The van der Waals surface area contributed by atoms with Gasteiger partial charge in [0.25, 0.3) is 0 Å². The highest BCUT2D eigenvalue weighted by Gasteiger charge is 2.28. The third-order valence-electron chi connectivity index (χ3n) is 2.62. The van der Waals surface area contributed by atoms with Gasteiger partial charge in [-0.15, -0.1) is 0 Å². The number of hydrogen-bond acceptors (Lipinski definition) is 0. The van der Waals surface area contributed by atoms with E-state index in [1.165, 1.54) is 0 Å². The van der Waals surface area contributed by atoms with E-state index < -0.39 is 32.7 Å². The van der Waals surface area contributed by atoms with E-state index in [-0.39, 0.29) is 12.8 Å². The smallest absolute Gasteiger partial charge is 0.150 e. The van der Waals surface area contributed by atoms with Crippen LogP contribution in [-0.2, 0) is 0 Å². The quantitative estimate of drug-likeness (QED) is 0.374. The molecule has 4 unspecified atom stereocenters. The topological polar surface area (TPSA) is 0 Å². The van der Waals surface area contributed by atoms with Crippen molar-refractivity contribution < 1.29 is 17.6 Å². The molecule has 17 heavy (non-hydrogen) atoms. The van der Waals surface area contributed by atoms with Gasteiger partial charge in [0, 0.05) is 0 Å². The van der Waals surface area contributed by atoms with Gasteiger partial charge >= 0.3 is 0 Å². The Morgan fingerprint density at radius 3 is 1.41 bits per heavy atom. The van der Waals surface area contributed by atoms with Crippen molar-refractivity contribution in [2.24, 2.45) is 0 Å². The SMILES string of the molecule is CCCCC(F)C(F)PC(F)C(F)CCCC. The summed E-state index contributed by atoms with van der Waals surface area (Å²) in [4.78, 5) is 0. The maximum atomic E-state index is 13.3. The predicted octanol–water partition coefficient (Wildman–Crippen LogP) is 5.31. The third-order valence-corrected chi connectivity index (χ3v) is 3.98. The Hall–Kier alpha value is 0.150. The summed E-state index contributed by atoms with van der Waals surface area (Å²) >= 11 is 0. The lowest BCUT2D eigenvalue weighted by atomic mass is 10.2. The van der Waals surface area contributed by atoms with Crippen molar-refractivity contribution in [3.8, 4) is 0 Å². The van der Waals surface area contributed by atoms with Gasteiger partial charge < -0.3 is 0 Å². The number of alkyl halides is 4. The fourth-order valence-electron chi connectivity index (χ4n) is 1.45. The second-order valence-corrected chi connectivity index (χ2v) is 5.72. The minimum absolute atomic E-state index is 0.100. The molecule has 0 radical (unpaired) electrons. The molecule has 0 N–H and O–H groups in total. The minimum atomic E-state index is -1.85. The summed E-state index contributed by atoms with van der Waals surface area (Å²) in [6.07, 6.45) is -0.382. The maximum Gasteiger partial charge on any atom is 0.150 e. The first-order valence-electron chi connectivity index (χ1n) is 6.35. The molecule has 104 valence electrons. The summed E-state index contributed by atoms with van der Waals surface area (Å²) in [5.74, 6) is -3.70. The van der Waals surface area contributed by atoms with Crippen LogP contribution in [-0.4, -0.2) is 24.2 Å². The van der Waals surface area contributed by atoms with Gasteiger partial charge in [-0.05, 0) is 21.4 Å². The van der Waals surface area contributed by atoms with Crippen LogP contribution in [0.15, 0.2) is 0 Å². The average molecular weight is 274 g/mol. The second kappa shape index (κ2) is 10.1. The molecule has 0 aliphatic carbocycles. The van der Waals surface area contributed by atoms with Gasteiger partial charge in [-0.1, -0.05) is 39.5 Å². The van der Waals surface area contributed by atoms with Crippen molar-refractivity contribution in [3.05, 3.63) is 0 Å². The number of hydrogen-bond donors (Lipinski definition) is 0. The van der Waals surface area contributed by atoms with Gasteiger partial charge in [-0.25, -0.2) is 17.6 Å². The highest BCUT2D eigenvalue weighted by Crippen LogP contribution is 2.36. The number of rotatable bonds is 10. The van der Waals surface area contributed by atoms with Crippen LogP contribution in [0.2, 0.25) is 0 Å². The van der Waals surface area contributed by atoms with Gasteiger partial charge in [0.15, 0.2) is 0 Å². The van der Waals surface area contributed by atoms with Crippen LogP contribution in [0, 0.1) is 0 Å². The Labute approximate surface area is 103 Å². The largest absolute Gasteiger partial charge is 0.244 e. The Morgan fingerprint density at radius 1 is 0.765 bits per heavy atom. The molecule has 0 bridgehead atoms. The van der Waals surface area contributed by atoms with Crippen LogP contribution in [0.25, 0.3) is 0 Å². The summed E-state index contributed by atoms with van der Waals surface area (Å²) in [7, 11) is -0.920. The average Bonchev–Trinajstić information content (AvgIpc) is 2.32. The third kappa shape index (κ3) is 7.96. The molecule has 0 aromatic carbocycles. The normalized spacial score (nSPS) is 19.4. The number of halogens is 4. The Balaban J connectivity index is 3.87. The molecule has 0 spiro atoms. The molecule has 0 heterocycles. The van der Waals surface area contributed by atoms with Crippen molar-refractivity contribution in [3.63, 3.8) is 0 Å². The molecule has 0 aliphatic rings. The summed E-state index contributed by atoms with van der Waals surface area (Å²) in [5, 5.41) is 0. The predicted molar refractivity (Wildman–Crippen MR) is 66.9 cm³/mol. The first kappa shape index (κ1) is 17.2. The lowest BCUT2D eigenvalue weighted by molar-refractivity contribution is 0.194. The minimum Gasteiger partial charge on any atom is -0.244 e. The fraction of sp³-hybridized carbons (Fsp3) is 1.00. The molecule has 4 atom stereocenters. The van der Waals surface area contributed by atoms with Crippen molar-refractivity contribution in [2.45, 2.75) is 76.5 Å². The van der Waals surface area contributed by atoms with E-state index >= 15 is 0 Å². The summed E-state index contributed by atoms with van der Waals surface area (Å²) in [6, 6.07) is 0. The Kier molecular flexibility index (Phi) is 10.2. The van der Waals surface area contributed by atoms with Crippen LogP contribution >= 0.6 is 8.58 Å². The van der Waals surface area contributed by atoms with Crippen LogP contribution in [0.3, 0.4) is 0 Å². The Bertz CT molecular complexity index is 162. The molecule has 0 amide bonds. The van der Waals surface area contributed by atoms with E-state index in [1.54, 1.807) is 0 Å². The van der Waals surface area contributed by atoms with Gasteiger partial charge in [0.2, 0.25) is 0 Å². The van der Waals surface area contributed by atoms with E-state index in [9.17, 15) is 17.6 Å². The molecular weight excluding hydrogens is 251 g/mol. The molecule has 0 saturated carbocycles. The lowest BCUT2D eigenvalue weighted by Gasteiger charge is -2.18. The van der Waals surface area contributed by atoms with Gasteiger partial charge in [0.1, 0.15) is 24.2 Å². The lowest BCUT2D eigenvalue weighted by Crippen LogP contribution is -2.19. The molecular formula is C12H23F4P. The molecule has 0 aromatic rings. The zero-order valence-electron chi connectivity index (χ0n) is 10.6. The molecule has 0 aromatic heterocycles.